The Morgan fingerprint density at radius 3 is 2.34 bits per heavy atom. The van der Waals surface area contributed by atoms with Crippen LogP contribution in [0.15, 0.2) is 83.8 Å². The monoisotopic (exact) mass is 550 g/mol. The molecule has 0 bridgehead atoms. The van der Waals surface area contributed by atoms with Crippen molar-refractivity contribution in [2.45, 2.75) is 18.4 Å². The van der Waals surface area contributed by atoms with E-state index in [1.165, 1.54) is 10.4 Å². The molecule has 10 heteroatoms. The molecule has 0 unspecified atom stereocenters. The van der Waals surface area contributed by atoms with Gasteiger partial charge in [-0.25, -0.2) is 13.4 Å². The van der Waals surface area contributed by atoms with Crippen molar-refractivity contribution in [3.63, 3.8) is 0 Å². The number of amides is 1. The first-order chi connectivity index (χ1) is 18.3. The molecule has 0 radical (unpaired) electrons. The molecule has 0 atom stereocenters. The van der Waals surface area contributed by atoms with Crippen molar-refractivity contribution in [1.82, 2.24) is 13.9 Å². The van der Waals surface area contributed by atoms with Crippen LogP contribution >= 0.6 is 11.6 Å². The van der Waals surface area contributed by atoms with E-state index in [1.807, 2.05) is 60.7 Å². The van der Waals surface area contributed by atoms with Gasteiger partial charge >= 0.3 is 0 Å². The molecule has 0 spiro atoms. The largest absolute Gasteiger partial charge is 0.379 e. The van der Waals surface area contributed by atoms with Crippen LogP contribution in [-0.2, 0) is 21.3 Å². The smallest absolute Gasteiger partial charge is 0.275 e. The summed E-state index contributed by atoms with van der Waals surface area (Å²) in [6, 6.07) is 24.1. The van der Waals surface area contributed by atoms with Crippen LogP contribution in [-0.4, -0.2) is 54.5 Å². The number of carbonyl (C=O) groups excluding carboxylic acids is 1. The molecule has 1 aliphatic heterocycles. The summed E-state index contributed by atoms with van der Waals surface area (Å²) in [5.41, 5.74) is 2.92. The van der Waals surface area contributed by atoms with E-state index in [1.54, 1.807) is 23.6 Å². The quantitative estimate of drug-likeness (QED) is 0.355. The number of ether oxygens (including phenoxy) is 1. The molecule has 5 rings (SSSR count). The average molecular weight is 551 g/mol. The topological polar surface area (TPSA) is 93.5 Å². The second-order valence-corrected chi connectivity index (χ2v) is 11.2. The van der Waals surface area contributed by atoms with Crippen LogP contribution in [0, 0.1) is 6.92 Å². The molecule has 4 aromatic rings. The Morgan fingerprint density at radius 1 is 1.00 bits per heavy atom. The van der Waals surface area contributed by atoms with Crippen molar-refractivity contribution >= 4 is 33.2 Å². The van der Waals surface area contributed by atoms with Gasteiger partial charge in [-0.3, -0.25) is 4.79 Å². The summed E-state index contributed by atoms with van der Waals surface area (Å²) in [6.45, 7) is 3.38. The maximum Gasteiger partial charge on any atom is 0.275 e. The molecule has 1 amide bonds. The minimum atomic E-state index is -3.75. The molecule has 8 nitrogen and oxygen atoms in total. The molecule has 1 saturated heterocycles. The number of hydrogen-bond acceptors (Lipinski definition) is 5. The first-order valence-corrected chi connectivity index (χ1v) is 14.0. The van der Waals surface area contributed by atoms with E-state index in [4.69, 9.17) is 16.3 Å². The Balaban J connectivity index is 1.50. The summed E-state index contributed by atoms with van der Waals surface area (Å²) in [5.74, 6) is 0.0725. The van der Waals surface area contributed by atoms with E-state index < -0.39 is 15.9 Å². The predicted molar refractivity (Wildman–Crippen MR) is 147 cm³/mol. The fourth-order valence-electron chi connectivity index (χ4n) is 4.44. The van der Waals surface area contributed by atoms with Crippen molar-refractivity contribution in [2.24, 2.45) is 0 Å². The summed E-state index contributed by atoms with van der Waals surface area (Å²) in [5, 5.41) is 2.90. The highest BCUT2D eigenvalue weighted by Crippen LogP contribution is 2.29. The molecule has 2 heterocycles. The van der Waals surface area contributed by atoms with Gasteiger partial charge in [0.2, 0.25) is 10.0 Å². The molecule has 196 valence electrons. The number of anilines is 1. The van der Waals surface area contributed by atoms with Crippen LogP contribution in [0.3, 0.4) is 0 Å². The SMILES string of the molecule is Cc1ccc(NC(=O)c2c(Cl)nc(-c3ccccc3)n2Cc2ccccc2)cc1S(=O)(=O)N1CCOCC1. The minimum Gasteiger partial charge on any atom is -0.379 e. The van der Waals surface area contributed by atoms with E-state index in [2.05, 4.69) is 10.3 Å². The normalized spacial score (nSPS) is 14.4. The molecular weight excluding hydrogens is 524 g/mol. The van der Waals surface area contributed by atoms with Crippen molar-refractivity contribution in [3.05, 3.63) is 101 Å². The predicted octanol–water partition coefficient (Wildman–Crippen LogP) is 4.83. The Kier molecular flexibility index (Phi) is 7.62. The molecule has 0 aliphatic carbocycles. The molecule has 1 fully saturated rings. The molecule has 0 saturated carbocycles. The summed E-state index contributed by atoms with van der Waals surface area (Å²) in [6.07, 6.45) is 0. The van der Waals surface area contributed by atoms with Crippen molar-refractivity contribution < 1.29 is 17.9 Å². The summed E-state index contributed by atoms with van der Waals surface area (Å²) >= 11 is 6.55. The third kappa shape index (κ3) is 5.37. The molecule has 38 heavy (non-hydrogen) atoms. The van der Waals surface area contributed by atoms with E-state index in [9.17, 15) is 13.2 Å². The van der Waals surface area contributed by atoms with Gasteiger partial charge < -0.3 is 14.6 Å². The fraction of sp³-hybridized carbons (Fsp3) is 0.214. The summed E-state index contributed by atoms with van der Waals surface area (Å²) in [7, 11) is -3.75. The highest BCUT2D eigenvalue weighted by Gasteiger charge is 2.29. The van der Waals surface area contributed by atoms with Gasteiger partial charge in [0, 0.05) is 30.9 Å². The lowest BCUT2D eigenvalue weighted by Crippen LogP contribution is -2.40. The number of morpholine rings is 1. The van der Waals surface area contributed by atoms with Crippen molar-refractivity contribution in [2.75, 3.05) is 31.6 Å². The van der Waals surface area contributed by atoms with Crippen molar-refractivity contribution in [3.8, 4) is 11.4 Å². The van der Waals surface area contributed by atoms with Crippen LogP contribution in [0.5, 0.6) is 0 Å². The van der Waals surface area contributed by atoms with Crippen LogP contribution in [0.4, 0.5) is 5.69 Å². The second-order valence-electron chi connectivity index (χ2n) is 8.96. The lowest BCUT2D eigenvalue weighted by molar-refractivity contribution is 0.0730. The number of aromatic nitrogens is 2. The Hall–Kier alpha value is -3.50. The van der Waals surface area contributed by atoms with Gasteiger partial charge in [0.15, 0.2) is 5.15 Å². The van der Waals surface area contributed by atoms with Crippen molar-refractivity contribution in [1.29, 1.82) is 0 Å². The number of halogens is 1. The van der Waals surface area contributed by atoms with Crippen LogP contribution in [0.25, 0.3) is 11.4 Å². The van der Waals surface area contributed by atoms with Gasteiger partial charge in [0.05, 0.1) is 18.1 Å². The summed E-state index contributed by atoms with van der Waals surface area (Å²) < 4.78 is 35.1. The van der Waals surface area contributed by atoms with Gasteiger partial charge in [-0.15, -0.1) is 0 Å². The maximum absolute atomic E-state index is 13.6. The fourth-order valence-corrected chi connectivity index (χ4v) is 6.37. The van der Waals surface area contributed by atoms with Gasteiger partial charge in [-0.2, -0.15) is 4.31 Å². The van der Waals surface area contributed by atoms with Crippen LogP contribution in [0.2, 0.25) is 5.15 Å². The number of rotatable bonds is 7. The number of benzene rings is 3. The molecular formula is C28H27ClN4O4S. The highest BCUT2D eigenvalue weighted by atomic mass is 35.5. The van der Waals surface area contributed by atoms with E-state index in [0.717, 1.165) is 11.1 Å². The number of carbonyl (C=O) groups is 1. The number of nitrogens with zero attached hydrogens (tertiary/aromatic N) is 3. The maximum atomic E-state index is 13.6. The third-order valence-electron chi connectivity index (χ3n) is 6.39. The number of imidazole rings is 1. The van der Waals surface area contributed by atoms with Gasteiger partial charge in [-0.05, 0) is 30.2 Å². The Bertz CT molecular complexity index is 1550. The standard InChI is InChI=1S/C28H27ClN4O4S/c1-20-12-13-23(18-24(20)38(35,36)32-14-16-37-17-15-32)30-28(34)25-26(29)31-27(22-10-6-3-7-11-22)33(25)19-21-8-4-2-5-9-21/h2-13,18H,14-17,19H2,1H3,(H,30,34). The zero-order chi connectivity index (χ0) is 26.7. The first kappa shape index (κ1) is 26.1. The molecule has 1 aromatic heterocycles. The van der Waals surface area contributed by atoms with E-state index >= 15 is 0 Å². The molecule has 3 aromatic carbocycles. The van der Waals surface area contributed by atoms with Gasteiger partial charge in [-0.1, -0.05) is 78.3 Å². The lowest BCUT2D eigenvalue weighted by Gasteiger charge is -2.26. The number of hydrogen-bond donors (Lipinski definition) is 1. The van der Waals surface area contributed by atoms with Crippen LogP contribution in [0.1, 0.15) is 21.6 Å². The highest BCUT2D eigenvalue weighted by molar-refractivity contribution is 7.89. The van der Waals surface area contributed by atoms with Gasteiger partial charge in [0.1, 0.15) is 11.5 Å². The first-order valence-electron chi connectivity index (χ1n) is 12.2. The average Bonchev–Trinajstić information content (AvgIpc) is 3.26. The van der Waals surface area contributed by atoms with E-state index in [0.29, 0.717) is 36.8 Å². The molecule has 1 aliphatic rings. The zero-order valence-corrected chi connectivity index (χ0v) is 22.4. The third-order valence-corrected chi connectivity index (χ3v) is 8.69. The summed E-state index contributed by atoms with van der Waals surface area (Å²) in [4.78, 5) is 18.3. The minimum absolute atomic E-state index is 0.0607. The Labute approximate surface area is 226 Å². The number of sulfonamides is 1. The number of nitrogens with one attached hydrogen (secondary N) is 1. The van der Waals surface area contributed by atoms with Crippen LogP contribution < -0.4 is 5.32 Å². The zero-order valence-electron chi connectivity index (χ0n) is 20.8. The van der Waals surface area contributed by atoms with E-state index in [-0.39, 0.29) is 28.8 Å². The second kappa shape index (κ2) is 11.1. The Morgan fingerprint density at radius 2 is 1.66 bits per heavy atom. The van der Waals surface area contributed by atoms with Gasteiger partial charge in [0.25, 0.3) is 5.91 Å². The lowest BCUT2D eigenvalue weighted by atomic mass is 10.2. The molecule has 1 N–H and O–H groups in total. The number of aryl methyl sites for hydroxylation is 1.